The van der Waals surface area contributed by atoms with Gasteiger partial charge in [0.1, 0.15) is 0 Å². The molecule has 1 amide bonds. The molecule has 1 aliphatic heterocycles. The summed E-state index contributed by atoms with van der Waals surface area (Å²) in [6.07, 6.45) is 4.84. The van der Waals surface area contributed by atoms with Crippen LogP contribution in [0.15, 0.2) is 64.2 Å². The number of hydrogen-bond donors (Lipinski definition) is 2. The van der Waals surface area contributed by atoms with Gasteiger partial charge < -0.3 is 14.8 Å². The monoisotopic (exact) mass is 518 g/mol. The molecule has 37 heavy (non-hydrogen) atoms. The fourth-order valence-corrected chi connectivity index (χ4v) is 5.60. The van der Waals surface area contributed by atoms with E-state index in [0.29, 0.717) is 34.7 Å². The molecule has 1 aliphatic carbocycles. The number of likely N-dealkylation sites (N-methyl/N-ethyl adjacent to an activating group) is 1. The third-order valence-electron chi connectivity index (χ3n) is 7.47. The predicted octanol–water partition coefficient (Wildman–Crippen LogP) is 4.05. The van der Waals surface area contributed by atoms with Crippen LogP contribution in [0.1, 0.15) is 57.9 Å². The maximum atomic E-state index is 12.9. The fourth-order valence-electron chi connectivity index (χ4n) is 5.30. The molecule has 0 saturated carbocycles. The quantitative estimate of drug-likeness (QED) is 0.533. The van der Waals surface area contributed by atoms with E-state index in [1.54, 1.807) is 6.07 Å². The molecule has 0 radical (unpaired) electrons. The molecule has 5 rings (SSSR count). The molecule has 1 fully saturated rings. The maximum absolute atomic E-state index is 12.9. The summed E-state index contributed by atoms with van der Waals surface area (Å²) in [6, 6.07) is 15.4. The van der Waals surface area contributed by atoms with Gasteiger partial charge in [-0.2, -0.15) is 0 Å². The summed E-state index contributed by atoms with van der Waals surface area (Å²) in [7, 11) is 2.06. The molecular weight excluding hydrogens is 488 g/mol. The van der Waals surface area contributed by atoms with Crippen LogP contribution in [0.2, 0.25) is 5.02 Å². The predicted molar refractivity (Wildman–Crippen MR) is 146 cm³/mol. The van der Waals surface area contributed by atoms with Gasteiger partial charge in [0.15, 0.2) is 0 Å². The Hall–Kier alpha value is -3.42. The number of benzene rings is 2. The summed E-state index contributed by atoms with van der Waals surface area (Å²) >= 11 is 6.67. The van der Waals surface area contributed by atoms with Crippen molar-refractivity contribution in [1.82, 2.24) is 19.8 Å². The molecule has 2 aromatic carbocycles. The summed E-state index contributed by atoms with van der Waals surface area (Å²) in [5, 5.41) is 0.569. The van der Waals surface area contributed by atoms with Crippen molar-refractivity contribution >= 4 is 23.1 Å². The highest BCUT2D eigenvalue weighted by molar-refractivity contribution is 6.32. The second-order valence-corrected chi connectivity index (χ2v) is 10.4. The van der Waals surface area contributed by atoms with Crippen LogP contribution >= 0.6 is 11.6 Å². The first-order valence-corrected chi connectivity index (χ1v) is 13.1. The number of rotatable bonds is 5. The topological polar surface area (TPSA) is 89.3 Å². The van der Waals surface area contributed by atoms with Gasteiger partial charge in [0.2, 0.25) is 0 Å². The summed E-state index contributed by atoms with van der Waals surface area (Å²) in [5.41, 5.74) is 4.20. The Morgan fingerprint density at radius 3 is 2.46 bits per heavy atom. The van der Waals surface area contributed by atoms with Crippen molar-refractivity contribution in [2.24, 2.45) is 0 Å². The zero-order valence-corrected chi connectivity index (χ0v) is 21.7. The van der Waals surface area contributed by atoms with Crippen LogP contribution in [0.5, 0.6) is 0 Å². The SMILES string of the molecule is CN1CCN(C(=O)c2ccc(C3=CCC(c4[nH]c(=O)[nH]c(=O)c4Cc4ccccc4)CC3)c(Cl)c2)CC1. The average molecular weight is 519 g/mol. The Kier molecular flexibility index (Phi) is 7.44. The molecule has 3 aromatic rings. The lowest BCUT2D eigenvalue weighted by Crippen LogP contribution is -2.47. The first-order chi connectivity index (χ1) is 17.9. The summed E-state index contributed by atoms with van der Waals surface area (Å²) in [6.45, 7) is 3.18. The van der Waals surface area contributed by atoms with Crippen LogP contribution in [-0.2, 0) is 6.42 Å². The van der Waals surface area contributed by atoms with Crippen LogP contribution < -0.4 is 11.2 Å². The highest BCUT2D eigenvalue weighted by Gasteiger charge is 2.25. The molecule has 0 spiro atoms. The van der Waals surface area contributed by atoms with E-state index in [-0.39, 0.29) is 17.4 Å². The van der Waals surface area contributed by atoms with Gasteiger partial charge in [-0.1, -0.05) is 54.1 Å². The second kappa shape index (κ2) is 10.9. The standard InChI is InChI=1S/C29H31ClN4O3/c1-33-13-15-34(16-14-33)28(36)22-11-12-23(25(30)18-22)20-7-9-21(10-8-20)26-24(27(35)32-29(37)31-26)17-19-5-3-2-4-6-19/h2-7,11-12,18,21H,8-10,13-17H2,1H3,(H2,31,32,35,37). The van der Waals surface area contributed by atoms with Crippen molar-refractivity contribution in [2.45, 2.75) is 31.6 Å². The summed E-state index contributed by atoms with van der Waals surface area (Å²) < 4.78 is 0. The van der Waals surface area contributed by atoms with Crippen molar-refractivity contribution < 1.29 is 4.79 Å². The number of carbonyl (C=O) groups excluding carboxylic acids is 1. The second-order valence-electron chi connectivity index (χ2n) is 9.95. The number of nitrogens with one attached hydrogen (secondary N) is 2. The normalized spacial score (nSPS) is 18.5. The molecule has 2 aliphatic rings. The molecule has 192 valence electrons. The van der Waals surface area contributed by atoms with Gasteiger partial charge in [-0.3, -0.25) is 14.6 Å². The van der Waals surface area contributed by atoms with Gasteiger partial charge in [-0.05, 0) is 55.1 Å². The first-order valence-electron chi connectivity index (χ1n) is 12.7. The molecule has 1 aromatic heterocycles. The van der Waals surface area contributed by atoms with Crippen LogP contribution in [0, 0.1) is 0 Å². The van der Waals surface area contributed by atoms with Crippen LogP contribution in [0.25, 0.3) is 5.57 Å². The Morgan fingerprint density at radius 1 is 1.03 bits per heavy atom. The molecule has 2 N–H and O–H groups in total. The zero-order chi connectivity index (χ0) is 25.9. The fraction of sp³-hybridized carbons (Fsp3) is 0.345. The Balaban J connectivity index is 1.34. The molecule has 0 bridgehead atoms. The molecule has 7 nitrogen and oxygen atoms in total. The van der Waals surface area contributed by atoms with Crippen molar-refractivity contribution in [3.63, 3.8) is 0 Å². The van der Waals surface area contributed by atoms with Gasteiger partial charge >= 0.3 is 5.69 Å². The van der Waals surface area contributed by atoms with Crippen LogP contribution in [0.3, 0.4) is 0 Å². The molecule has 1 unspecified atom stereocenters. The Morgan fingerprint density at radius 2 is 1.78 bits per heavy atom. The minimum atomic E-state index is -0.477. The summed E-state index contributed by atoms with van der Waals surface area (Å²) in [5.74, 6) is 0.0535. The molecule has 8 heteroatoms. The minimum absolute atomic E-state index is 0.0171. The lowest BCUT2D eigenvalue weighted by molar-refractivity contribution is 0.0664. The third-order valence-corrected chi connectivity index (χ3v) is 7.78. The van der Waals surface area contributed by atoms with Crippen molar-refractivity contribution in [1.29, 1.82) is 0 Å². The van der Waals surface area contributed by atoms with Gasteiger partial charge in [-0.25, -0.2) is 4.79 Å². The molecule has 2 heterocycles. The van der Waals surface area contributed by atoms with Crippen molar-refractivity contribution in [3.8, 4) is 0 Å². The van der Waals surface area contributed by atoms with Crippen LogP contribution in [0.4, 0.5) is 0 Å². The zero-order valence-electron chi connectivity index (χ0n) is 20.9. The Labute approximate surface area is 220 Å². The number of aromatic amines is 2. The lowest BCUT2D eigenvalue weighted by atomic mass is 9.82. The largest absolute Gasteiger partial charge is 0.336 e. The third kappa shape index (κ3) is 5.63. The molecular formula is C29H31ClN4O3. The first kappa shape index (κ1) is 25.2. The minimum Gasteiger partial charge on any atom is -0.336 e. The molecule has 1 saturated heterocycles. The average Bonchev–Trinajstić information content (AvgIpc) is 2.91. The van der Waals surface area contributed by atoms with Gasteiger partial charge in [0.25, 0.3) is 11.5 Å². The number of nitrogens with zero attached hydrogens (tertiary/aromatic N) is 2. The van der Waals surface area contributed by atoms with E-state index in [0.717, 1.165) is 55.7 Å². The van der Waals surface area contributed by atoms with Gasteiger partial charge in [-0.15, -0.1) is 0 Å². The Bertz CT molecular complexity index is 1440. The van der Waals surface area contributed by atoms with E-state index >= 15 is 0 Å². The van der Waals surface area contributed by atoms with Gasteiger partial charge in [0.05, 0.1) is 0 Å². The highest BCUT2D eigenvalue weighted by Crippen LogP contribution is 2.38. The van der Waals surface area contributed by atoms with Crippen molar-refractivity contribution in [3.05, 3.63) is 108 Å². The number of piperazine rings is 1. The summed E-state index contributed by atoms with van der Waals surface area (Å²) in [4.78, 5) is 47.2. The van der Waals surface area contributed by atoms with Crippen molar-refractivity contribution in [2.75, 3.05) is 33.2 Å². The van der Waals surface area contributed by atoms with E-state index in [9.17, 15) is 14.4 Å². The molecule has 1 atom stereocenters. The maximum Gasteiger partial charge on any atom is 0.325 e. The lowest BCUT2D eigenvalue weighted by Gasteiger charge is -2.32. The van der Waals surface area contributed by atoms with E-state index in [1.165, 1.54) is 0 Å². The number of aromatic nitrogens is 2. The number of H-pyrrole nitrogens is 2. The number of allylic oxidation sites excluding steroid dienone is 2. The highest BCUT2D eigenvalue weighted by atomic mass is 35.5. The smallest absolute Gasteiger partial charge is 0.325 e. The van der Waals surface area contributed by atoms with E-state index < -0.39 is 5.69 Å². The van der Waals surface area contributed by atoms with Gasteiger partial charge in [0, 0.05) is 60.4 Å². The number of carbonyl (C=O) groups is 1. The van der Waals surface area contributed by atoms with E-state index in [2.05, 4.69) is 28.0 Å². The van der Waals surface area contributed by atoms with E-state index in [1.807, 2.05) is 47.4 Å². The number of hydrogen-bond acceptors (Lipinski definition) is 4. The number of halogens is 1. The number of amides is 1. The van der Waals surface area contributed by atoms with E-state index in [4.69, 9.17) is 11.6 Å². The van der Waals surface area contributed by atoms with Crippen LogP contribution in [-0.4, -0.2) is 58.9 Å².